The summed E-state index contributed by atoms with van der Waals surface area (Å²) in [5.41, 5.74) is 3.15. The summed E-state index contributed by atoms with van der Waals surface area (Å²) in [7, 11) is 0. The molecule has 0 amide bonds. The number of carboxylic acids is 1. The molecule has 0 aliphatic rings. The molecule has 5 nitrogen and oxygen atoms in total. The quantitative estimate of drug-likeness (QED) is 0.749. The summed E-state index contributed by atoms with van der Waals surface area (Å²) in [6.45, 7) is 5.50. The standard InChI is InChI=1S/C16H13N3O2/c1-10-8-9-13-17-14(12-6-4-3-5-7-12)15(19(13)18-10)11(2)16(20)21/h3-9H,2H2,1H3,(H,20,21). The molecular formula is C16H13N3O2. The van der Waals surface area contributed by atoms with Crippen molar-refractivity contribution in [1.82, 2.24) is 14.6 Å². The number of nitrogens with zero attached hydrogens (tertiary/aromatic N) is 3. The molecule has 0 unspecified atom stereocenters. The van der Waals surface area contributed by atoms with Crippen LogP contribution in [-0.4, -0.2) is 25.7 Å². The smallest absolute Gasteiger partial charge is 0.337 e. The zero-order chi connectivity index (χ0) is 15.0. The lowest BCUT2D eigenvalue weighted by Gasteiger charge is -2.04. The van der Waals surface area contributed by atoms with Gasteiger partial charge in [0.05, 0.1) is 17.0 Å². The third kappa shape index (κ3) is 2.18. The SMILES string of the molecule is C=C(C(=O)O)c1c(-c2ccccc2)nc2ccc(C)nn12. The summed E-state index contributed by atoms with van der Waals surface area (Å²) in [5, 5.41) is 13.6. The van der Waals surface area contributed by atoms with Gasteiger partial charge in [-0.15, -0.1) is 0 Å². The highest BCUT2D eigenvalue weighted by atomic mass is 16.4. The average molecular weight is 279 g/mol. The molecule has 2 heterocycles. The molecule has 1 N–H and O–H groups in total. The second kappa shape index (κ2) is 4.86. The Kier molecular flexibility index (Phi) is 3.02. The Balaban J connectivity index is 2.36. The van der Waals surface area contributed by atoms with Crippen LogP contribution in [0.5, 0.6) is 0 Å². The van der Waals surface area contributed by atoms with Crippen LogP contribution in [0, 0.1) is 6.92 Å². The van der Waals surface area contributed by atoms with Gasteiger partial charge in [-0.25, -0.2) is 14.3 Å². The molecule has 0 bridgehead atoms. The van der Waals surface area contributed by atoms with Crippen molar-refractivity contribution in [2.75, 3.05) is 0 Å². The topological polar surface area (TPSA) is 67.5 Å². The number of rotatable bonds is 3. The predicted octanol–water partition coefficient (Wildman–Crippen LogP) is 2.80. The van der Waals surface area contributed by atoms with E-state index >= 15 is 0 Å². The second-order valence-electron chi connectivity index (χ2n) is 4.70. The van der Waals surface area contributed by atoms with E-state index in [2.05, 4.69) is 16.7 Å². The molecule has 104 valence electrons. The Bertz CT molecular complexity index is 851. The first kappa shape index (κ1) is 13.1. The fourth-order valence-corrected chi connectivity index (χ4v) is 2.19. The van der Waals surface area contributed by atoms with Crippen LogP contribution in [-0.2, 0) is 4.79 Å². The molecular weight excluding hydrogens is 266 g/mol. The molecule has 0 fully saturated rings. The first-order valence-electron chi connectivity index (χ1n) is 6.42. The molecule has 2 aromatic heterocycles. The highest BCUT2D eigenvalue weighted by Gasteiger charge is 2.21. The van der Waals surface area contributed by atoms with Crippen LogP contribution in [0.2, 0.25) is 0 Å². The zero-order valence-corrected chi connectivity index (χ0v) is 11.4. The number of carbonyl (C=O) groups is 1. The van der Waals surface area contributed by atoms with Gasteiger partial charge in [0.25, 0.3) is 0 Å². The second-order valence-corrected chi connectivity index (χ2v) is 4.70. The number of benzene rings is 1. The van der Waals surface area contributed by atoms with Gasteiger partial charge < -0.3 is 5.11 Å². The largest absolute Gasteiger partial charge is 0.478 e. The minimum absolute atomic E-state index is 0.0283. The highest BCUT2D eigenvalue weighted by Crippen LogP contribution is 2.28. The minimum Gasteiger partial charge on any atom is -0.478 e. The van der Waals surface area contributed by atoms with E-state index < -0.39 is 5.97 Å². The van der Waals surface area contributed by atoms with E-state index in [9.17, 15) is 9.90 Å². The Morgan fingerprint density at radius 2 is 1.90 bits per heavy atom. The molecule has 0 saturated heterocycles. The molecule has 3 aromatic rings. The lowest BCUT2D eigenvalue weighted by atomic mass is 10.1. The van der Waals surface area contributed by atoms with Gasteiger partial charge in [-0.3, -0.25) is 0 Å². The van der Waals surface area contributed by atoms with E-state index in [-0.39, 0.29) is 5.57 Å². The van der Waals surface area contributed by atoms with Crippen LogP contribution in [0.25, 0.3) is 22.5 Å². The van der Waals surface area contributed by atoms with Crippen LogP contribution < -0.4 is 0 Å². The van der Waals surface area contributed by atoms with E-state index in [0.717, 1.165) is 11.3 Å². The van der Waals surface area contributed by atoms with Gasteiger partial charge in [-0.05, 0) is 19.1 Å². The maximum Gasteiger partial charge on any atom is 0.337 e. The van der Waals surface area contributed by atoms with E-state index in [0.29, 0.717) is 17.0 Å². The number of aliphatic carboxylic acids is 1. The zero-order valence-electron chi connectivity index (χ0n) is 11.4. The van der Waals surface area contributed by atoms with E-state index in [1.165, 1.54) is 4.52 Å². The van der Waals surface area contributed by atoms with Crippen molar-refractivity contribution in [2.24, 2.45) is 0 Å². The van der Waals surface area contributed by atoms with Gasteiger partial charge in [0, 0.05) is 5.56 Å². The van der Waals surface area contributed by atoms with Gasteiger partial charge in [0.2, 0.25) is 0 Å². The molecule has 1 aromatic carbocycles. The molecule has 0 aliphatic carbocycles. The molecule has 21 heavy (non-hydrogen) atoms. The fourth-order valence-electron chi connectivity index (χ4n) is 2.19. The number of hydrogen-bond donors (Lipinski definition) is 1. The number of fused-ring (bicyclic) bond motifs is 1. The number of aromatic nitrogens is 3. The highest BCUT2D eigenvalue weighted by molar-refractivity contribution is 6.15. The Hall–Kier alpha value is -2.95. The summed E-state index contributed by atoms with van der Waals surface area (Å²) in [4.78, 5) is 15.8. The number of imidazole rings is 1. The molecule has 3 rings (SSSR count). The lowest BCUT2D eigenvalue weighted by Crippen LogP contribution is -2.05. The molecule has 0 aliphatic heterocycles. The van der Waals surface area contributed by atoms with Crippen LogP contribution in [0.1, 0.15) is 11.4 Å². The molecule has 5 heteroatoms. The first-order chi connectivity index (χ1) is 10.1. The average Bonchev–Trinajstić information content (AvgIpc) is 2.85. The van der Waals surface area contributed by atoms with Crippen molar-refractivity contribution >= 4 is 17.2 Å². The van der Waals surface area contributed by atoms with E-state index in [1.54, 1.807) is 0 Å². The maximum absolute atomic E-state index is 11.3. The van der Waals surface area contributed by atoms with Crippen molar-refractivity contribution in [2.45, 2.75) is 6.92 Å². The van der Waals surface area contributed by atoms with Gasteiger partial charge in [-0.2, -0.15) is 5.10 Å². The van der Waals surface area contributed by atoms with Crippen LogP contribution in [0.15, 0.2) is 49.0 Å². The number of carboxylic acid groups (broad SMARTS) is 1. The van der Waals surface area contributed by atoms with E-state index in [1.807, 2.05) is 49.4 Å². The summed E-state index contributed by atoms with van der Waals surface area (Å²) in [6.07, 6.45) is 0. The van der Waals surface area contributed by atoms with E-state index in [4.69, 9.17) is 0 Å². The lowest BCUT2D eigenvalue weighted by molar-refractivity contribution is -0.130. The third-order valence-corrected chi connectivity index (χ3v) is 3.20. The Labute approximate surface area is 121 Å². The van der Waals surface area contributed by atoms with Gasteiger partial charge in [0.15, 0.2) is 5.65 Å². The normalized spacial score (nSPS) is 10.7. The monoisotopic (exact) mass is 279 g/mol. The Morgan fingerprint density at radius 1 is 1.19 bits per heavy atom. The molecule has 0 radical (unpaired) electrons. The molecule has 0 spiro atoms. The van der Waals surface area contributed by atoms with Crippen molar-refractivity contribution in [3.8, 4) is 11.3 Å². The van der Waals surface area contributed by atoms with Crippen molar-refractivity contribution in [3.05, 3.63) is 60.4 Å². The molecule has 0 saturated carbocycles. The van der Waals surface area contributed by atoms with Crippen molar-refractivity contribution < 1.29 is 9.90 Å². The summed E-state index contributed by atoms with van der Waals surface area (Å²) in [6, 6.07) is 13.1. The van der Waals surface area contributed by atoms with Gasteiger partial charge >= 0.3 is 5.97 Å². The minimum atomic E-state index is -1.09. The summed E-state index contributed by atoms with van der Waals surface area (Å²) in [5.74, 6) is -1.09. The molecule has 0 atom stereocenters. The first-order valence-corrected chi connectivity index (χ1v) is 6.42. The maximum atomic E-state index is 11.3. The summed E-state index contributed by atoms with van der Waals surface area (Å²) < 4.78 is 1.54. The predicted molar refractivity (Wildman–Crippen MR) is 79.8 cm³/mol. The van der Waals surface area contributed by atoms with Gasteiger partial charge in [0.1, 0.15) is 5.69 Å². The van der Waals surface area contributed by atoms with Crippen LogP contribution in [0.4, 0.5) is 0 Å². The number of aryl methyl sites for hydroxylation is 1. The third-order valence-electron chi connectivity index (χ3n) is 3.20. The fraction of sp³-hybridized carbons (Fsp3) is 0.0625. The summed E-state index contributed by atoms with van der Waals surface area (Å²) >= 11 is 0. The van der Waals surface area contributed by atoms with Crippen molar-refractivity contribution in [3.63, 3.8) is 0 Å². The van der Waals surface area contributed by atoms with Crippen LogP contribution >= 0.6 is 0 Å². The van der Waals surface area contributed by atoms with Crippen LogP contribution in [0.3, 0.4) is 0 Å². The number of hydrogen-bond acceptors (Lipinski definition) is 3. The Morgan fingerprint density at radius 3 is 2.57 bits per heavy atom. The van der Waals surface area contributed by atoms with Gasteiger partial charge in [-0.1, -0.05) is 36.9 Å². The van der Waals surface area contributed by atoms with Crippen molar-refractivity contribution in [1.29, 1.82) is 0 Å².